The summed E-state index contributed by atoms with van der Waals surface area (Å²) in [7, 11) is 0.558. The maximum atomic E-state index is 2.73. The van der Waals surface area contributed by atoms with E-state index in [4.69, 9.17) is 0 Å². The van der Waals surface area contributed by atoms with E-state index in [1.54, 1.807) is 5.19 Å². The average molecular weight is 654 g/mol. The molecule has 0 saturated carbocycles. The van der Waals surface area contributed by atoms with Crippen molar-refractivity contribution in [3.8, 4) is 0 Å². The van der Waals surface area contributed by atoms with Crippen molar-refractivity contribution in [3.63, 3.8) is 0 Å². The highest BCUT2D eigenvalue weighted by atomic mass is 28.3. The lowest BCUT2D eigenvalue weighted by atomic mass is 9.81. The Balaban J connectivity index is 1.85. The fourth-order valence-corrected chi connectivity index (χ4v) is 10.3. The van der Waals surface area contributed by atoms with E-state index in [1.165, 1.54) is 82.0 Å². The van der Waals surface area contributed by atoms with Gasteiger partial charge in [-0.05, 0) is 86.5 Å². The lowest BCUT2D eigenvalue weighted by molar-refractivity contribution is -0.644. The number of hydrogen-bond donors (Lipinski definition) is 0. The fourth-order valence-electron chi connectivity index (χ4n) is 8.76. The molecule has 3 heterocycles. The van der Waals surface area contributed by atoms with Crippen LogP contribution in [0.1, 0.15) is 84.6 Å². The van der Waals surface area contributed by atoms with Gasteiger partial charge in [-0.25, -0.2) is 4.57 Å². The fraction of sp³-hybridized carbons (Fsp3) is 0.444. The Morgan fingerprint density at radius 1 is 0.646 bits per heavy atom. The van der Waals surface area contributed by atoms with Gasteiger partial charge in [0.25, 0.3) is 0 Å². The first-order chi connectivity index (χ1) is 22.1. The van der Waals surface area contributed by atoms with Gasteiger partial charge < -0.3 is 4.40 Å². The van der Waals surface area contributed by atoms with Crippen LogP contribution in [0.4, 0.5) is 0 Å². The molecular weight excluding hydrogens is 597 g/mol. The van der Waals surface area contributed by atoms with E-state index in [-0.39, 0.29) is 16.2 Å². The van der Waals surface area contributed by atoms with Crippen molar-refractivity contribution in [2.75, 3.05) is 0 Å². The summed E-state index contributed by atoms with van der Waals surface area (Å²) in [6.07, 6.45) is 5.60. The number of pyridine rings is 2. The number of hydrogen-bond acceptors (Lipinski definition) is 0. The number of rotatable bonds is 4. The van der Waals surface area contributed by atoms with Gasteiger partial charge in [0, 0.05) is 16.3 Å². The molecule has 7 rings (SSSR count). The van der Waals surface area contributed by atoms with Gasteiger partial charge in [-0.3, -0.25) is 0 Å². The van der Waals surface area contributed by atoms with Crippen LogP contribution in [0.5, 0.6) is 0 Å². The van der Waals surface area contributed by atoms with Gasteiger partial charge >= 0.3 is 0 Å². The first-order valence-electron chi connectivity index (χ1n) is 18.2. The normalized spacial score (nSPS) is 13.9. The van der Waals surface area contributed by atoms with Gasteiger partial charge in [0.1, 0.15) is 7.05 Å². The Labute approximate surface area is 289 Å². The zero-order chi connectivity index (χ0) is 34.9. The number of nitrogens with zero attached hydrogens (tertiary/aromatic N) is 2. The van der Waals surface area contributed by atoms with E-state index >= 15 is 0 Å². The summed E-state index contributed by atoms with van der Waals surface area (Å²) >= 11 is 0. The van der Waals surface area contributed by atoms with Crippen LogP contribution >= 0.6 is 0 Å². The first-order valence-corrected chi connectivity index (χ1v) is 21.7. The van der Waals surface area contributed by atoms with Gasteiger partial charge in [0.15, 0.2) is 6.20 Å². The molecule has 0 radical (unpaired) electrons. The van der Waals surface area contributed by atoms with Crippen molar-refractivity contribution in [1.82, 2.24) is 4.40 Å². The Kier molecular flexibility index (Phi) is 7.26. The summed E-state index contributed by atoms with van der Waals surface area (Å²) in [5.74, 6) is 0. The molecular formula is C45H57N2Si+. The number of aryl methyl sites for hydroxylation is 2. The molecule has 0 unspecified atom stereocenters. The quantitative estimate of drug-likeness (QED) is 0.0773. The van der Waals surface area contributed by atoms with E-state index in [0.717, 1.165) is 19.3 Å². The summed E-state index contributed by atoms with van der Waals surface area (Å²) in [5, 5.41) is 11.6. The smallest absolute Gasteiger partial charge is 0.224 e. The standard InChI is InChI=1S/C45H57N2Si/c1-27-32-21-28(23-43(2,3)4)19-20-30(32)34(25-45(8,9)10)40-37(27)41-39-33(29(26-46(41)11)24-44(5,6)7)22-36(48(12,13)14)38-31-17-15-16-18-35(31)47(40)42(38)39/h15-22,26H,23-25H2,1-14H3/q+1. The maximum absolute atomic E-state index is 2.73. The van der Waals surface area contributed by atoms with Crippen LogP contribution in [0, 0.1) is 23.2 Å². The Hall–Kier alpha value is -3.43. The first kappa shape index (κ1) is 33.1. The number of fused-ring (bicyclic) bond motifs is 7. The Morgan fingerprint density at radius 3 is 1.92 bits per heavy atom. The molecule has 0 bridgehead atoms. The van der Waals surface area contributed by atoms with Gasteiger partial charge in [-0.15, -0.1) is 0 Å². The lowest BCUT2D eigenvalue weighted by Gasteiger charge is -2.26. The molecule has 0 fully saturated rings. The molecule has 0 aliphatic heterocycles. The van der Waals surface area contributed by atoms with E-state index < -0.39 is 8.07 Å². The number of para-hydroxylation sites is 1. The van der Waals surface area contributed by atoms with Crippen LogP contribution in [0.3, 0.4) is 0 Å². The zero-order valence-electron chi connectivity index (χ0n) is 32.2. The van der Waals surface area contributed by atoms with Crippen molar-refractivity contribution in [2.45, 2.75) is 108 Å². The minimum Gasteiger partial charge on any atom is -0.307 e. The largest absolute Gasteiger partial charge is 0.307 e. The highest BCUT2D eigenvalue weighted by Crippen LogP contribution is 2.46. The average Bonchev–Trinajstić information content (AvgIpc) is 3.28. The van der Waals surface area contributed by atoms with Crippen molar-refractivity contribution >= 4 is 73.0 Å². The molecule has 0 spiro atoms. The van der Waals surface area contributed by atoms with Gasteiger partial charge in [-0.2, -0.15) is 0 Å². The highest BCUT2D eigenvalue weighted by molar-refractivity contribution is 6.91. The molecule has 7 aromatic rings. The monoisotopic (exact) mass is 653 g/mol. The van der Waals surface area contributed by atoms with Gasteiger partial charge in [0.2, 0.25) is 5.52 Å². The zero-order valence-corrected chi connectivity index (χ0v) is 33.2. The molecule has 4 aromatic carbocycles. The van der Waals surface area contributed by atoms with Crippen molar-refractivity contribution < 1.29 is 4.57 Å². The second-order valence-corrected chi connectivity index (χ2v) is 24.7. The third kappa shape index (κ3) is 5.32. The van der Waals surface area contributed by atoms with Crippen LogP contribution in [0.15, 0.2) is 54.7 Å². The van der Waals surface area contributed by atoms with Crippen LogP contribution in [0.25, 0.3) is 59.8 Å². The van der Waals surface area contributed by atoms with Crippen LogP contribution in [-0.4, -0.2) is 12.5 Å². The summed E-state index contributed by atoms with van der Waals surface area (Å²) in [4.78, 5) is 0. The molecule has 3 heteroatoms. The van der Waals surface area contributed by atoms with Crippen molar-refractivity contribution in [3.05, 3.63) is 77.0 Å². The molecule has 2 nitrogen and oxygen atoms in total. The van der Waals surface area contributed by atoms with Gasteiger partial charge in [0.05, 0.1) is 35.4 Å². The molecule has 3 aromatic heterocycles. The second kappa shape index (κ2) is 10.5. The van der Waals surface area contributed by atoms with E-state index in [9.17, 15) is 0 Å². The molecule has 250 valence electrons. The Morgan fingerprint density at radius 2 is 1.29 bits per heavy atom. The molecule has 0 aliphatic carbocycles. The van der Waals surface area contributed by atoms with E-state index in [0.29, 0.717) is 0 Å². The van der Waals surface area contributed by atoms with E-state index in [1.807, 2.05) is 0 Å². The Bertz CT molecular complexity index is 2410. The summed E-state index contributed by atoms with van der Waals surface area (Å²) in [6.45, 7) is 31.4. The molecule has 48 heavy (non-hydrogen) atoms. The third-order valence-corrected chi connectivity index (χ3v) is 12.4. The van der Waals surface area contributed by atoms with E-state index in [2.05, 4.69) is 160 Å². The highest BCUT2D eigenvalue weighted by Gasteiger charge is 2.33. The van der Waals surface area contributed by atoms with Crippen molar-refractivity contribution in [1.29, 1.82) is 0 Å². The number of benzene rings is 4. The molecule has 0 atom stereocenters. The van der Waals surface area contributed by atoms with Crippen LogP contribution in [-0.2, 0) is 26.3 Å². The van der Waals surface area contributed by atoms with Crippen molar-refractivity contribution in [2.24, 2.45) is 23.3 Å². The predicted octanol–water partition coefficient (Wildman–Crippen LogP) is 11.6. The lowest BCUT2D eigenvalue weighted by Crippen LogP contribution is -2.39. The summed E-state index contributed by atoms with van der Waals surface area (Å²) in [5.41, 5.74) is 11.9. The summed E-state index contributed by atoms with van der Waals surface area (Å²) in [6, 6.07) is 19.3. The van der Waals surface area contributed by atoms with Crippen LogP contribution in [0.2, 0.25) is 19.6 Å². The van der Waals surface area contributed by atoms with Crippen LogP contribution < -0.4 is 9.75 Å². The van der Waals surface area contributed by atoms with Gasteiger partial charge in [-0.1, -0.05) is 124 Å². The molecule has 0 aliphatic rings. The molecule has 0 saturated heterocycles. The summed E-state index contributed by atoms with van der Waals surface area (Å²) < 4.78 is 5.23. The topological polar surface area (TPSA) is 8.29 Å². The molecule has 0 amide bonds. The SMILES string of the molecule is Cc1c2cc(CC(C)(C)C)ccc2c(CC(C)(C)C)c2c1c1c3c(cc([Si](C)(C)C)c4c5ccccc5n2c43)c(CC(C)(C)C)c[n+]1C. The maximum Gasteiger partial charge on any atom is 0.224 e. The number of aromatic nitrogens is 2. The molecule has 0 N–H and O–H groups in total. The minimum absolute atomic E-state index is 0.122. The predicted molar refractivity (Wildman–Crippen MR) is 214 cm³/mol. The minimum atomic E-state index is -1.75. The second-order valence-electron chi connectivity index (χ2n) is 19.7. The third-order valence-electron chi connectivity index (χ3n) is 10.4.